The third-order valence-electron chi connectivity index (χ3n) is 3.37. The highest BCUT2D eigenvalue weighted by Crippen LogP contribution is 2.28. The number of ketones is 2. The van der Waals surface area contributed by atoms with Crippen LogP contribution in [0.15, 0.2) is 66.2 Å². The normalized spacial score (nSPS) is 14.7. The molecule has 0 atom stereocenters. The van der Waals surface area contributed by atoms with Crippen molar-refractivity contribution in [2.24, 2.45) is 0 Å². The number of Topliss-reactive ketones (excluding diaryl/α,β-unsaturated/α-hetero) is 2. The van der Waals surface area contributed by atoms with Crippen molar-refractivity contribution in [1.82, 2.24) is 0 Å². The van der Waals surface area contributed by atoms with E-state index in [4.69, 9.17) is 0 Å². The Kier molecular flexibility index (Phi) is 3.24. The molecule has 0 unspecified atom stereocenters. The Morgan fingerprint density at radius 1 is 0.714 bits per heavy atom. The Hall–Kier alpha value is -2.94. The molecule has 0 bridgehead atoms. The zero-order valence-electron chi connectivity index (χ0n) is 11.1. The molecule has 2 aromatic carbocycles. The van der Waals surface area contributed by atoms with E-state index in [2.05, 4.69) is 0 Å². The maximum Gasteiger partial charge on any atom is 0.237 e. The molecule has 0 aliphatic heterocycles. The predicted octanol–water partition coefficient (Wildman–Crippen LogP) is 3.43. The maximum atomic E-state index is 12.1. The van der Waals surface area contributed by atoms with Crippen LogP contribution in [0.5, 0.6) is 0 Å². The van der Waals surface area contributed by atoms with Crippen molar-refractivity contribution in [2.45, 2.75) is 0 Å². The molecule has 0 fully saturated rings. The molecule has 0 spiro atoms. The van der Waals surface area contributed by atoms with Gasteiger partial charge in [0.15, 0.2) is 0 Å². The Labute approximate surface area is 121 Å². The smallest absolute Gasteiger partial charge is 0.237 e. The van der Waals surface area contributed by atoms with Gasteiger partial charge in [-0.05, 0) is 11.6 Å². The van der Waals surface area contributed by atoms with E-state index in [-0.39, 0.29) is 16.9 Å². The minimum atomic E-state index is -0.682. The molecule has 3 nitrogen and oxygen atoms in total. The van der Waals surface area contributed by atoms with Crippen molar-refractivity contribution in [2.75, 3.05) is 0 Å². The zero-order chi connectivity index (χ0) is 14.8. The summed E-state index contributed by atoms with van der Waals surface area (Å²) in [5.41, 5.74) is 1.56. The maximum absolute atomic E-state index is 12.1. The lowest BCUT2D eigenvalue weighted by molar-refractivity contribution is -0.111. The van der Waals surface area contributed by atoms with Crippen LogP contribution < -0.4 is 0 Å². The predicted molar refractivity (Wildman–Crippen MR) is 80.8 cm³/mol. The number of fused-ring (bicyclic) bond motifs is 1. The number of aliphatic hydroxyl groups excluding tert-OH is 1. The number of benzene rings is 2. The minimum Gasteiger partial charge on any atom is -0.507 e. The molecule has 1 aliphatic carbocycles. The van der Waals surface area contributed by atoms with Crippen molar-refractivity contribution >= 4 is 23.4 Å². The van der Waals surface area contributed by atoms with Crippen molar-refractivity contribution in [3.63, 3.8) is 0 Å². The molecule has 1 aliphatic rings. The molecule has 102 valence electrons. The van der Waals surface area contributed by atoms with Crippen molar-refractivity contribution < 1.29 is 14.7 Å². The van der Waals surface area contributed by atoms with Crippen LogP contribution in [0, 0.1) is 0 Å². The summed E-state index contributed by atoms with van der Waals surface area (Å²) in [5, 5.41) is 10.2. The van der Waals surface area contributed by atoms with Crippen molar-refractivity contribution in [3.05, 3.63) is 82.9 Å². The van der Waals surface area contributed by atoms with Gasteiger partial charge in [-0.25, -0.2) is 0 Å². The van der Waals surface area contributed by atoms with Crippen molar-refractivity contribution in [1.29, 1.82) is 0 Å². The van der Waals surface area contributed by atoms with Gasteiger partial charge in [0.25, 0.3) is 0 Å². The fourth-order valence-electron chi connectivity index (χ4n) is 2.28. The summed E-state index contributed by atoms with van der Waals surface area (Å²) < 4.78 is 0. The lowest BCUT2D eigenvalue weighted by atomic mass is 9.88. The van der Waals surface area contributed by atoms with Gasteiger partial charge in [0.2, 0.25) is 11.6 Å². The highest BCUT2D eigenvalue weighted by Gasteiger charge is 2.30. The summed E-state index contributed by atoms with van der Waals surface area (Å²) >= 11 is 0. The summed E-state index contributed by atoms with van der Waals surface area (Å²) in [4.78, 5) is 24.2. The molecule has 0 heterocycles. The lowest BCUT2D eigenvalue weighted by Gasteiger charge is -2.15. The summed E-state index contributed by atoms with van der Waals surface area (Å²) in [6.07, 6.45) is 3.19. The van der Waals surface area contributed by atoms with Crippen LogP contribution in [-0.4, -0.2) is 16.7 Å². The average Bonchev–Trinajstić information content (AvgIpc) is 2.54. The van der Waals surface area contributed by atoms with Crippen LogP contribution in [-0.2, 0) is 4.79 Å². The molecular formula is C18H12O3. The molecule has 3 heteroatoms. The van der Waals surface area contributed by atoms with Crippen LogP contribution in [0.2, 0.25) is 0 Å². The van der Waals surface area contributed by atoms with E-state index < -0.39 is 11.6 Å². The summed E-state index contributed by atoms with van der Waals surface area (Å²) in [7, 11) is 0. The van der Waals surface area contributed by atoms with Crippen molar-refractivity contribution in [3.8, 4) is 0 Å². The molecule has 1 N–H and O–H groups in total. The van der Waals surface area contributed by atoms with Gasteiger partial charge in [-0.2, -0.15) is 0 Å². The number of hydrogen-bond donors (Lipinski definition) is 1. The Morgan fingerprint density at radius 2 is 1.33 bits per heavy atom. The summed E-state index contributed by atoms with van der Waals surface area (Å²) in [5.74, 6) is -1.42. The minimum absolute atomic E-state index is 0.0301. The molecule has 0 radical (unpaired) electrons. The Bertz CT molecular complexity index is 783. The molecule has 0 saturated heterocycles. The van der Waals surface area contributed by atoms with E-state index in [1.807, 2.05) is 30.3 Å². The van der Waals surface area contributed by atoms with Gasteiger partial charge < -0.3 is 5.11 Å². The first-order valence-electron chi connectivity index (χ1n) is 6.53. The van der Waals surface area contributed by atoms with E-state index in [1.54, 1.807) is 30.3 Å². The topological polar surface area (TPSA) is 54.4 Å². The largest absolute Gasteiger partial charge is 0.507 e. The van der Waals surface area contributed by atoms with Gasteiger partial charge in [0.05, 0.1) is 5.57 Å². The highest BCUT2D eigenvalue weighted by atomic mass is 16.3. The second-order valence-electron chi connectivity index (χ2n) is 4.71. The van der Waals surface area contributed by atoms with E-state index in [1.165, 1.54) is 6.08 Å². The molecule has 21 heavy (non-hydrogen) atoms. The molecule has 0 aromatic heterocycles. The quantitative estimate of drug-likeness (QED) is 0.855. The van der Waals surface area contributed by atoms with Gasteiger partial charge in [-0.3, -0.25) is 9.59 Å². The van der Waals surface area contributed by atoms with Crippen LogP contribution in [0.1, 0.15) is 21.5 Å². The van der Waals surface area contributed by atoms with Gasteiger partial charge in [-0.1, -0.05) is 60.7 Å². The molecule has 2 aromatic rings. The Morgan fingerprint density at radius 3 is 2.05 bits per heavy atom. The average molecular weight is 276 g/mol. The summed E-state index contributed by atoms with van der Waals surface area (Å²) in [6.45, 7) is 0. The Balaban J connectivity index is 2.07. The SMILES string of the molecule is O=C1C(=O)c2ccccc2C(O)=C1/C=C\c1ccccc1. The van der Waals surface area contributed by atoms with Gasteiger partial charge in [0, 0.05) is 11.1 Å². The van der Waals surface area contributed by atoms with E-state index in [0.29, 0.717) is 5.56 Å². The first kappa shape index (κ1) is 13.1. The fourth-order valence-corrected chi connectivity index (χ4v) is 2.28. The number of carbonyl (C=O) groups excluding carboxylic acids is 2. The van der Waals surface area contributed by atoms with E-state index >= 15 is 0 Å². The zero-order valence-corrected chi connectivity index (χ0v) is 11.1. The molecular weight excluding hydrogens is 264 g/mol. The monoisotopic (exact) mass is 276 g/mol. The second kappa shape index (κ2) is 5.21. The lowest BCUT2D eigenvalue weighted by Crippen LogP contribution is -2.23. The molecule has 3 rings (SSSR count). The van der Waals surface area contributed by atoms with Crippen LogP contribution in [0.4, 0.5) is 0 Å². The summed E-state index contributed by atoms with van der Waals surface area (Å²) in [6, 6.07) is 15.9. The number of allylic oxidation sites excluding steroid dienone is 2. The van der Waals surface area contributed by atoms with Gasteiger partial charge >= 0.3 is 0 Å². The third kappa shape index (κ3) is 2.30. The molecule has 0 saturated carbocycles. The fraction of sp³-hybridized carbons (Fsp3) is 0. The standard InChI is InChI=1S/C18H12O3/c19-16-13-8-4-5-9-14(13)17(20)18(21)15(16)11-10-12-6-2-1-3-7-12/h1-11,19H/b11-10-. The second-order valence-corrected chi connectivity index (χ2v) is 4.71. The number of aliphatic hydroxyl groups is 1. The highest BCUT2D eigenvalue weighted by molar-refractivity contribution is 6.52. The van der Waals surface area contributed by atoms with Crippen LogP contribution in [0.25, 0.3) is 11.8 Å². The van der Waals surface area contributed by atoms with E-state index in [0.717, 1.165) is 5.56 Å². The van der Waals surface area contributed by atoms with Crippen LogP contribution in [0.3, 0.4) is 0 Å². The van der Waals surface area contributed by atoms with Gasteiger partial charge in [-0.15, -0.1) is 0 Å². The van der Waals surface area contributed by atoms with Gasteiger partial charge in [0.1, 0.15) is 5.76 Å². The number of carbonyl (C=O) groups is 2. The first-order valence-corrected chi connectivity index (χ1v) is 6.53. The number of hydrogen-bond acceptors (Lipinski definition) is 3. The van der Waals surface area contributed by atoms with E-state index in [9.17, 15) is 14.7 Å². The third-order valence-corrected chi connectivity index (χ3v) is 3.37. The number of rotatable bonds is 2. The first-order chi connectivity index (χ1) is 10.2. The molecule has 0 amide bonds. The van der Waals surface area contributed by atoms with Crippen LogP contribution >= 0.6 is 0 Å².